The molecule has 2 aromatic heterocycles. The summed E-state index contributed by atoms with van der Waals surface area (Å²) in [5.74, 6) is -0.398. The normalized spacial score (nSPS) is 17.5. The molecule has 2 saturated heterocycles. The molecule has 0 saturated carbocycles. The lowest BCUT2D eigenvalue weighted by Crippen LogP contribution is -2.48. The lowest BCUT2D eigenvalue weighted by atomic mass is 9.88. The zero-order chi connectivity index (χ0) is 66.9. The Hall–Kier alpha value is -9.35. The number of carbonyl (C=O) groups excluding carboxylic acids is 6. The summed E-state index contributed by atoms with van der Waals surface area (Å²) >= 11 is 12.0. The van der Waals surface area contributed by atoms with Gasteiger partial charge >= 0.3 is 30.3 Å². The SMILES string of the molecule is COc1cc([C@@H]2c3[nH]c4ccccc4c3C[C@H]3COC(=O)N32)cc(C)c1OC(=O)NCCCC[C@H](NC(=O)Oc1c(C)cc([C@@H]2c3[nH]c4ccccc4c3C[C@H]3COC(=O)N32)cc1OC)C(=O)NCCCC[C@H](NC(=O)CCCc1ccc(N(CCCl)CCCl)cc1)C(=O)O. The molecular weight excluding hydrogens is 1260 g/mol. The van der Waals surface area contributed by atoms with Crippen LogP contribution in [-0.2, 0) is 43.1 Å². The number of amides is 6. The number of aromatic nitrogens is 2. The van der Waals surface area contributed by atoms with Gasteiger partial charge in [-0.2, -0.15) is 0 Å². The quantitative estimate of drug-likeness (QED) is 0.0170. The minimum atomic E-state index is -1.18. The van der Waals surface area contributed by atoms with E-state index in [1.165, 1.54) is 14.2 Å². The van der Waals surface area contributed by atoms with E-state index in [-0.39, 0.29) is 86.6 Å². The molecule has 0 aliphatic carbocycles. The molecule has 23 nitrogen and oxygen atoms in total. The van der Waals surface area contributed by atoms with E-state index in [0.29, 0.717) is 92.9 Å². The summed E-state index contributed by atoms with van der Waals surface area (Å²) in [7, 11) is 2.91. The number of aliphatic carboxylic acids is 1. The number of alkyl halides is 2. The number of H-pyrrole nitrogens is 2. The topological polar surface area (TPSA) is 285 Å². The minimum absolute atomic E-state index is 0.0896. The summed E-state index contributed by atoms with van der Waals surface area (Å²) in [6, 6.07) is 27.4. The van der Waals surface area contributed by atoms with Gasteiger partial charge in [0.05, 0.1) is 26.3 Å². The number of carboxylic acids is 1. The average Bonchev–Trinajstić information content (AvgIpc) is 1.57. The fourth-order valence-corrected chi connectivity index (χ4v) is 14.0. The number of aromatic amines is 2. The summed E-state index contributed by atoms with van der Waals surface area (Å²) < 4.78 is 34.6. The highest BCUT2D eigenvalue weighted by atomic mass is 35.5. The number of rotatable bonds is 29. The maximum atomic E-state index is 14.1. The van der Waals surface area contributed by atoms with E-state index in [4.69, 9.17) is 51.6 Å². The van der Waals surface area contributed by atoms with Crippen molar-refractivity contribution in [3.8, 4) is 23.0 Å². The Morgan fingerprint density at radius 2 is 1.15 bits per heavy atom. The highest BCUT2D eigenvalue weighted by Gasteiger charge is 2.47. The molecule has 4 aliphatic heterocycles. The summed E-state index contributed by atoms with van der Waals surface area (Å²) in [5, 5.41) is 23.2. The molecular formula is C70H79Cl2N9O14. The van der Waals surface area contributed by atoms with Crippen LogP contribution >= 0.6 is 23.2 Å². The Morgan fingerprint density at radius 1 is 0.642 bits per heavy atom. The molecule has 6 heterocycles. The van der Waals surface area contributed by atoms with Crippen LogP contribution in [0.4, 0.5) is 24.9 Å². The fourth-order valence-electron chi connectivity index (χ4n) is 13.6. The molecule has 5 aromatic carbocycles. The molecule has 502 valence electrons. The Labute approximate surface area is 559 Å². The molecule has 7 N–H and O–H groups in total. The fraction of sp³-hybridized carbons (Fsp3) is 0.414. The Kier molecular flexibility index (Phi) is 21.4. The van der Waals surface area contributed by atoms with Crippen LogP contribution in [0.15, 0.2) is 97.1 Å². The number of unbranched alkanes of at least 4 members (excludes halogenated alkanes) is 2. The van der Waals surface area contributed by atoms with Crippen molar-refractivity contribution in [2.45, 2.75) is 121 Å². The third-order valence-electron chi connectivity index (χ3n) is 18.2. The molecule has 0 spiro atoms. The van der Waals surface area contributed by atoms with Gasteiger partial charge in [-0.3, -0.25) is 19.4 Å². The third kappa shape index (κ3) is 15.0. The van der Waals surface area contributed by atoms with Crippen LogP contribution in [0.25, 0.3) is 21.8 Å². The summed E-state index contributed by atoms with van der Waals surface area (Å²) in [5.41, 5.74) is 10.4. The summed E-state index contributed by atoms with van der Waals surface area (Å²) in [4.78, 5) is 106. The molecule has 0 unspecified atom stereocenters. The van der Waals surface area contributed by atoms with Gasteiger partial charge in [-0.25, -0.2) is 24.0 Å². The van der Waals surface area contributed by atoms with Gasteiger partial charge in [0.1, 0.15) is 37.4 Å². The molecule has 6 amide bonds. The second-order valence-corrected chi connectivity index (χ2v) is 25.1. The van der Waals surface area contributed by atoms with Gasteiger partial charge in [0.2, 0.25) is 11.8 Å². The van der Waals surface area contributed by atoms with Crippen molar-refractivity contribution in [1.29, 1.82) is 0 Å². The number of carbonyl (C=O) groups is 7. The van der Waals surface area contributed by atoms with Gasteiger partial charge in [-0.15, -0.1) is 23.2 Å². The number of carboxylic acid groups (broad SMARTS) is 1. The zero-order valence-corrected chi connectivity index (χ0v) is 55.0. The van der Waals surface area contributed by atoms with E-state index < -0.39 is 60.4 Å². The van der Waals surface area contributed by atoms with Crippen LogP contribution in [0, 0.1) is 13.8 Å². The van der Waals surface area contributed by atoms with Gasteiger partial charge in [-0.1, -0.05) is 48.5 Å². The molecule has 6 atom stereocenters. The summed E-state index contributed by atoms with van der Waals surface area (Å²) in [6.07, 6.45) is 1.51. The van der Waals surface area contributed by atoms with E-state index >= 15 is 0 Å². The lowest BCUT2D eigenvalue weighted by Gasteiger charge is -2.36. The van der Waals surface area contributed by atoms with Crippen molar-refractivity contribution in [2.75, 3.05) is 70.3 Å². The first-order chi connectivity index (χ1) is 46.0. The molecule has 0 radical (unpaired) electrons. The number of para-hydroxylation sites is 2. The van der Waals surface area contributed by atoms with Crippen molar-refractivity contribution < 1.29 is 67.1 Å². The number of cyclic esters (lactones) is 2. The molecule has 25 heteroatoms. The average molecular weight is 1340 g/mol. The maximum Gasteiger partial charge on any atom is 0.413 e. The summed E-state index contributed by atoms with van der Waals surface area (Å²) in [6.45, 7) is 5.61. The number of benzene rings is 5. The third-order valence-corrected chi connectivity index (χ3v) is 18.5. The number of methoxy groups -OCH3 is 2. The number of nitrogens with one attached hydrogen (secondary N) is 6. The Bertz CT molecular complexity index is 3980. The Morgan fingerprint density at radius 3 is 1.66 bits per heavy atom. The smallest absolute Gasteiger partial charge is 0.413 e. The predicted octanol–water partition coefficient (Wildman–Crippen LogP) is 10.8. The van der Waals surface area contributed by atoms with Gasteiger partial charge in [0, 0.05) is 83.2 Å². The van der Waals surface area contributed by atoms with Crippen LogP contribution < -0.4 is 45.1 Å². The van der Waals surface area contributed by atoms with Crippen LogP contribution in [0.5, 0.6) is 23.0 Å². The van der Waals surface area contributed by atoms with Crippen LogP contribution in [0.3, 0.4) is 0 Å². The second-order valence-electron chi connectivity index (χ2n) is 24.4. The number of anilines is 1. The van der Waals surface area contributed by atoms with Crippen molar-refractivity contribution in [2.24, 2.45) is 0 Å². The number of fused-ring (bicyclic) bond motifs is 8. The maximum absolute atomic E-state index is 14.1. The van der Waals surface area contributed by atoms with Crippen molar-refractivity contribution in [3.05, 3.63) is 147 Å². The number of ether oxygens (including phenoxy) is 6. The standard InChI is InChI=1S/C70H79Cl2N9O14/c1-40-32-43(61-59-50(36-46-38-92-69(88)80(46)61)48-15-5-7-17-52(48)76-59)34-56(90-3)63(40)94-67(86)74-29-12-9-19-54(65(83)73-28-11-10-20-55(66(84)85)75-58(82)21-13-14-42-22-24-45(25-23-42)79(30-26-71)31-27-72)78-68(87)95-64-41(2)33-44(35-57(64)91-4)62-60-51(37-47-39-93-70(89)81(47)62)49-16-6-8-18-53(49)77-60/h5-8,15-18,22-25,32-35,46-47,54-55,61-62,76-77H,9-14,19-21,26-31,36-39H2,1-4H3,(H,73,83)(H,74,86)(H,75,82)(H,78,87)(H,84,85)/t46-,47-,54-,55-,61+,62+/m0/s1. The van der Waals surface area contributed by atoms with Crippen molar-refractivity contribution >= 4 is 92.9 Å². The second kappa shape index (κ2) is 30.4. The first-order valence-corrected chi connectivity index (χ1v) is 33.3. The first kappa shape index (κ1) is 67.1. The number of hydrogen-bond donors (Lipinski definition) is 7. The van der Waals surface area contributed by atoms with E-state index in [2.05, 4.69) is 42.2 Å². The highest BCUT2D eigenvalue weighted by Crippen LogP contribution is 2.48. The molecule has 2 fully saturated rings. The Balaban J connectivity index is 0.718. The minimum Gasteiger partial charge on any atom is -0.493 e. The molecule has 4 aliphatic rings. The number of hydrogen-bond acceptors (Lipinski definition) is 14. The first-order valence-electron chi connectivity index (χ1n) is 32.2. The number of halogens is 2. The van der Waals surface area contributed by atoms with E-state index in [0.717, 1.165) is 61.1 Å². The van der Waals surface area contributed by atoms with E-state index in [1.807, 2.05) is 78.9 Å². The molecule has 11 rings (SSSR count). The molecule has 95 heavy (non-hydrogen) atoms. The van der Waals surface area contributed by atoms with Crippen molar-refractivity contribution in [3.63, 3.8) is 0 Å². The number of nitrogens with zero attached hydrogens (tertiary/aromatic N) is 3. The van der Waals surface area contributed by atoms with Gasteiger partial charge in [0.25, 0.3) is 0 Å². The zero-order valence-electron chi connectivity index (χ0n) is 53.5. The molecule has 7 aromatic rings. The predicted molar refractivity (Wildman–Crippen MR) is 357 cm³/mol. The number of aryl methyl sites for hydroxylation is 3. The van der Waals surface area contributed by atoms with Crippen LogP contribution in [0.1, 0.15) is 114 Å². The largest absolute Gasteiger partial charge is 0.493 e. The lowest BCUT2D eigenvalue weighted by molar-refractivity contribution is -0.142. The van der Waals surface area contributed by atoms with Crippen LogP contribution in [0.2, 0.25) is 0 Å². The van der Waals surface area contributed by atoms with Gasteiger partial charge in [0.15, 0.2) is 23.0 Å². The van der Waals surface area contributed by atoms with E-state index in [1.54, 1.807) is 35.8 Å². The van der Waals surface area contributed by atoms with Crippen molar-refractivity contribution in [1.82, 2.24) is 41.0 Å². The molecule has 0 bridgehead atoms. The van der Waals surface area contributed by atoms with E-state index in [9.17, 15) is 38.7 Å². The van der Waals surface area contributed by atoms with Crippen LogP contribution in [-0.4, -0.2) is 157 Å². The monoisotopic (exact) mass is 1340 g/mol. The van der Waals surface area contributed by atoms with Gasteiger partial charge in [-0.05, 0) is 166 Å². The van der Waals surface area contributed by atoms with Gasteiger partial charge < -0.3 is 69.7 Å². The highest BCUT2D eigenvalue weighted by molar-refractivity contribution is 6.18.